The summed E-state index contributed by atoms with van der Waals surface area (Å²) < 4.78 is 5.83. The van der Waals surface area contributed by atoms with E-state index in [2.05, 4.69) is 5.32 Å². The predicted octanol–water partition coefficient (Wildman–Crippen LogP) is 1.91. The van der Waals surface area contributed by atoms with E-state index in [4.69, 9.17) is 4.74 Å². The molecule has 1 aliphatic heterocycles. The minimum absolute atomic E-state index is 0.0214. The number of hydrogen-bond acceptors (Lipinski definition) is 4. The number of ether oxygens (including phenoxy) is 1. The van der Waals surface area contributed by atoms with Crippen LogP contribution in [-0.4, -0.2) is 35.6 Å². The van der Waals surface area contributed by atoms with Crippen LogP contribution < -0.4 is 10.1 Å². The molecule has 136 valence electrons. The third-order valence-corrected chi connectivity index (χ3v) is 5.03. The van der Waals surface area contributed by atoms with Gasteiger partial charge in [-0.3, -0.25) is 4.79 Å². The van der Waals surface area contributed by atoms with Crippen molar-refractivity contribution < 1.29 is 19.6 Å². The lowest BCUT2D eigenvalue weighted by atomic mass is 9.73. The summed E-state index contributed by atoms with van der Waals surface area (Å²) in [5, 5.41) is 22.2. The van der Waals surface area contributed by atoms with Gasteiger partial charge in [0.2, 0.25) is 5.91 Å². The highest BCUT2D eigenvalue weighted by Crippen LogP contribution is 2.40. The Hall–Kier alpha value is -2.31. The monoisotopic (exact) mass is 353 g/mol. The first-order valence-electron chi connectivity index (χ1n) is 8.88. The Kier molecular flexibility index (Phi) is 5.64. The molecule has 1 aliphatic rings. The third kappa shape index (κ3) is 4.08. The van der Waals surface area contributed by atoms with Gasteiger partial charge in [0, 0.05) is 11.5 Å². The van der Waals surface area contributed by atoms with E-state index in [1.54, 1.807) is 0 Å². The van der Waals surface area contributed by atoms with Gasteiger partial charge in [0.25, 0.3) is 0 Å². The molecule has 5 nitrogen and oxygen atoms in total. The SMILES string of the molecule is Cc1ccc2c(c1C)OCC2CC(NC(=O)Cc1ccccc1)B(O)O. The van der Waals surface area contributed by atoms with Crippen molar-refractivity contribution >= 4 is 13.0 Å². The van der Waals surface area contributed by atoms with Gasteiger partial charge in [0.1, 0.15) is 5.75 Å². The zero-order valence-corrected chi connectivity index (χ0v) is 15.1. The van der Waals surface area contributed by atoms with Gasteiger partial charge in [-0.25, -0.2) is 0 Å². The Balaban J connectivity index is 1.67. The summed E-state index contributed by atoms with van der Waals surface area (Å²) in [4.78, 5) is 12.3. The van der Waals surface area contributed by atoms with E-state index in [1.165, 1.54) is 5.56 Å². The van der Waals surface area contributed by atoms with Crippen molar-refractivity contribution in [1.82, 2.24) is 5.32 Å². The van der Waals surface area contributed by atoms with Gasteiger partial charge in [-0.1, -0.05) is 42.5 Å². The Morgan fingerprint density at radius 1 is 1.23 bits per heavy atom. The van der Waals surface area contributed by atoms with Gasteiger partial charge in [0.05, 0.1) is 19.0 Å². The molecule has 1 amide bonds. The number of nitrogens with one attached hydrogen (secondary N) is 1. The van der Waals surface area contributed by atoms with E-state index >= 15 is 0 Å². The number of hydrogen-bond donors (Lipinski definition) is 3. The van der Waals surface area contributed by atoms with Crippen molar-refractivity contribution in [2.75, 3.05) is 6.61 Å². The van der Waals surface area contributed by atoms with Crippen LogP contribution in [0.2, 0.25) is 0 Å². The molecule has 0 fully saturated rings. The van der Waals surface area contributed by atoms with E-state index in [9.17, 15) is 14.8 Å². The lowest BCUT2D eigenvalue weighted by Crippen LogP contribution is -2.47. The average molecular weight is 353 g/mol. The molecule has 3 N–H and O–H groups in total. The first-order chi connectivity index (χ1) is 12.5. The molecule has 0 spiro atoms. The van der Waals surface area contributed by atoms with Crippen LogP contribution in [-0.2, 0) is 11.2 Å². The highest BCUT2D eigenvalue weighted by atomic mass is 16.5. The minimum Gasteiger partial charge on any atom is -0.492 e. The molecule has 0 saturated carbocycles. The first-order valence-corrected chi connectivity index (χ1v) is 8.88. The largest absolute Gasteiger partial charge is 0.492 e. The minimum atomic E-state index is -1.62. The molecule has 0 aliphatic carbocycles. The Morgan fingerprint density at radius 2 is 1.96 bits per heavy atom. The molecule has 0 bridgehead atoms. The molecular formula is C20H24BNO4. The van der Waals surface area contributed by atoms with Gasteiger partial charge in [-0.15, -0.1) is 0 Å². The Morgan fingerprint density at radius 3 is 2.65 bits per heavy atom. The number of aryl methyl sites for hydroxylation is 1. The number of benzene rings is 2. The van der Waals surface area contributed by atoms with E-state index in [0.29, 0.717) is 13.0 Å². The molecule has 0 aromatic heterocycles. The molecule has 2 atom stereocenters. The molecule has 0 saturated heterocycles. The molecule has 26 heavy (non-hydrogen) atoms. The maximum atomic E-state index is 12.3. The molecule has 2 aromatic rings. The smallest absolute Gasteiger partial charge is 0.475 e. The van der Waals surface area contributed by atoms with Gasteiger partial charge in [-0.2, -0.15) is 0 Å². The summed E-state index contributed by atoms with van der Waals surface area (Å²) in [5.41, 5.74) is 4.23. The Labute approximate surface area is 154 Å². The van der Waals surface area contributed by atoms with Crippen LogP contribution in [0.5, 0.6) is 5.75 Å². The number of fused-ring (bicyclic) bond motifs is 1. The molecule has 1 heterocycles. The summed E-state index contributed by atoms with van der Waals surface area (Å²) in [7, 11) is -1.62. The molecule has 3 rings (SSSR count). The fourth-order valence-corrected chi connectivity index (χ4v) is 3.39. The van der Waals surface area contributed by atoms with Crippen LogP contribution in [0.25, 0.3) is 0 Å². The van der Waals surface area contributed by atoms with E-state index in [-0.39, 0.29) is 18.2 Å². The highest BCUT2D eigenvalue weighted by molar-refractivity contribution is 6.43. The van der Waals surface area contributed by atoms with E-state index < -0.39 is 13.1 Å². The second kappa shape index (κ2) is 7.93. The molecule has 6 heteroatoms. The van der Waals surface area contributed by atoms with Gasteiger partial charge in [-0.05, 0) is 37.0 Å². The summed E-state index contributed by atoms with van der Waals surface area (Å²) in [5.74, 6) is -0.0641. The molecular weight excluding hydrogens is 329 g/mol. The van der Waals surface area contributed by atoms with Crippen molar-refractivity contribution in [1.29, 1.82) is 0 Å². The van der Waals surface area contributed by atoms with E-state index in [1.807, 2.05) is 56.3 Å². The van der Waals surface area contributed by atoms with Gasteiger partial charge < -0.3 is 20.1 Å². The van der Waals surface area contributed by atoms with Crippen LogP contribution in [0, 0.1) is 13.8 Å². The second-order valence-electron chi connectivity index (χ2n) is 6.92. The second-order valence-corrected chi connectivity index (χ2v) is 6.92. The summed E-state index contributed by atoms with van der Waals surface area (Å²) in [6.45, 7) is 4.55. The van der Waals surface area contributed by atoms with Crippen LogP contribution in [0.15, 0.2) is 42.5 Å². The zero-order valence-electron chi connectivity index (χ0n) is 15.1. The molecule has 0 radical (unpaired) electrons. The lowest BCUT2D eigenvalue weighted by molar-refractivity contribution is -0.120. The topological polar surface area (TPSA) is 78.8 Å². The fraction of sp³-hybridized carbons (Fsp3) is 0.350. The number of rotatable bonds is 6. The van der Waals surface area contributed by atoms with Crippen LogP contribution in [0.1, 0.15) is 34.6 Å². The number of amides is 1. The van der Waals surface area contributed by atoms with Crippen LogP contribution in [0.3, 0.4) is 0 Å². The summed E-state index contributed by atoms with van der Waals surface area (Å²) in [6, 6.07) is 13.5. The quantitative estimate of drug-likeness (QED) is 0.694. The number of carbonyl (C=O) groups excluding carboxylic acids is 1. The van der Waals surface area contributed by atoms with Gasteiger partial charge >= 0.3 is 7.12 Å². The van der Waals surface area contributed by atoms with Crippen molar-refractivity contribution in [3.05, 3.63) is 64.7 Å². The summed E-state index contributed by atoms with van der Waals surface area (Å²) in [6.07, 6.45) is 0.619. The predicted molar refractivity (Wildman–Crippen MR) is 101 cm³/mol. The highest BCUT2D eigenvalue weighted by Gasteiger charge is 2.33. The first kappa shape index (κ1) is 18.5. The standard InChI is InChI=1S/C20H24BNO4/c1-13-8-9-17-16(12-26-20(17)14(13)2)11-18(21(24)25)22-19(23)10-15-6-4-3-5-7-15/h3-9,16,18,24-25H,10-12H2,1-2H3,(H,22,23). The van der Waals surface area contributed by atoms with Gasteiger partial charge in [0.15, 0.2) is 0 Å². The normalized spacial score (nSPS) is 16.5. The Bertz CT molecular complexity index is 779. The summed E-state index contributed by atoms with van der Waals surface area (Å²) >= 11 is 0. The fourth-order valence-electron chi connectivity index (χ4n) is 3.39. The van der Waals surface area contributed by atoms with E-state index in [0.717, 1.165) is 22.4 Å². The van der Waals surface area contributed by atoms with Crippen LogP contribution in [0.4, 0.5) is 0 Å². The third-order valence-electron chi connectivity index (χ3n) is 5.03. The van der Waals surface area contributed by atoms with Crippen molar-refractivity contribution in [2.24, 2.45) is 0 Å². The lowest BCUT2D eigenvalue weighted by Gasteiger charge is -2.21. The number of carbonyl (C=O) groups is 1. The average Bonchev–Trinajstić information content (AvgIpc) is 3.02. The van der Waals surface area contributed by atoms with Crippen molar-refractivity contribution in [3.63, 3.8) is 0 Å². The molecule has 2 unspecified atom stereocenters. The van der Waals surface area contributed by atoms with Crippen molar-refractivity contribution in [3.8, 4) is 5.75 Å². The zero-order chi connectivity index (χ0) is 18.7. The maximum Gasteiger partial charge on any atom is 0.475 e. The van der Waals surface area contributed by atoms with Crippen LogP contribution >= 0.6 is 0 Å². The van der Waals surface area contributed by atoms with Crippen molar-refractivity contribution in [2.45, 2.75) is 38.5 Å². The maximum absolute atomic E-state index is 12.3. The molecule has 2 aromatic carbocycles.